The monoisotopic (exact) mass is 224 g/mol. The molecule has 0 aliphatic heterocycles. The van der Waals surface area contributed by atoms with Crippen molar-refractivity contribution in [2.75, 3.05) is 12.3 Å². The van der Waals surface area contributed by atoms with Crippen LogP contribution in [0.3, 0.4) is 0 Å². The SMILES string of the molecule is CCCCNC(=O)CSc1ccccn1. The van der Waals surface area contributed by atoms with Gasteiger partial charge in [-0.15, -0.1) is 0 Å². The molecule has 0 bridgehead atoms. The first-order valence-electron chi connectivity index (χ1n) is 5.13. The van der Waals surface area contributed by atoms with Gasteiger partial charge in [-0.3, -0.25) is 4.79 Å². The van der Waals surface area contributed by atoms with E-state index in [0.29, 0.717) is 5.75 Å². The zero-order valence-electron chi connectivity index (χ0n) is 8.90. The van der Waals surface area contributed by atoms with Crippen molar-refractivity contribution in [3.63, 3.8) is 0 Å². The van der Waals surface area contributed by atoms with Crippen LogP contribution in [0.4, 0.5) is 0 Å². The lowest BCUT2D eigenvalue weighted by Crippen LogP contribution is -2.25. The largest absolute Gasteiger partial charge is 0.355 e. The smallest absolute Gasteiger partial charge is 0.230 e. The van der Waals surface area contributed by atoms with E-state index in [9.17, 15) is 4.79 Å². The molecule has 0 atom stereocenters. The maximum Gasteiger partial charge on any atom is 0.230 e. The molecule has 15 heavy (non-hydrogen) atoms. The molecule has 1 aromatic rings. The lowest BCUT2D eigenvalue weighted by molar-refractivity contribution is -0.118. The maximum atomic E-state index is 11.3. The van der Waals surface area contributed by atoms with Crippen LogP contribution in [0.25, 0.3) is 0 Å². The molecule has 0 spiro atoms. The highest BCUT2D eigenvalue weighted by Crippen LogP contribution is 2.12. The number of thioether (sulfide) groups is 1. The lowest BCUT2D eigenvalue weighted by Gasteiger charge is -2.03. The Hall–Kier alpha value is -1.03. The molecule has 0 radical (unpaired) electrons. The van der Waals surface area contributed by atoms with Gasteiger partial charge in [0.15, 0.2) is 0 Å². The van der Waals surface area contributed by atoms with Crippen molar-refractivity contribution >= 4 is 17.7 Å². The van der Waals surface area contributed by atoms with Crippen molar-refractivity contribution in [2.24, 2.45) is 0 Å². The summed E-state index contributed by atoms with van der Waals surface area (Å²) in [5.74, 6) is 0.528. The van der Waals surface area contributed by atoms with Crippen LogP contribution in [0.5, 0.6) is 0 Å². The predicted octanol–water partition coefficient (Wildman–Crippen LogP) is 2.09. The van der Waals surface area contributed by atoms with Crippen LogP contribution in [0, 0.1) is 0 Å². The van der Waals surface area contributed by atoms with Crippen molar-refractivity contribution in [2.45, 2.75) is 24.8 Å². The molecule has 4 heteroatoms. The number of hydrogen-bond acceptors (Lipinski definition) is 3. The van der Waals surface area contributed by atoms with Crippen LogP contribution in [0.1, 0.15) is 19.8 Å². The first-order valence-corrected chi connectivity index (χ1v) is 6.12. The van der Waals surface area contributed by atoms with E-state index in [1.165, 1.54) is 11.8 Å². The molecular formula is C11H16N2OS. The average molecular weight is 224 g/mol. The number of nitrogens with one attached hydrogen (secondary N) is 1. The summed E-state index contributed by atoms with van der Waals surface area (Å²) in [6.45, 7) is 2.88. The number of carbonyl (C=O) groups is 1. The first-order chi connectivity index (χ1) is 7.33. The lowest BCUT2D eigenvalue weighted by atomic mass is 10.3. The molecule has 1 amide bonds. The Morgan fingerprint density at radius 2 is 2.40 bits per heavy atom. The van der Waals surface area contributed by atoms with E-state index in [1.54, 1.807) is 6.20 Å². The van der Waals surface area contributed by atoms with Gasteiger partial charge in [-0.1, -0.05) is 31.2 Å². The average Bonchev–Trinajstić information content (AvgIpc) is 2.28. The van der Waals surface area contributed by atoms with E-state index < -0.39 is 0 Å². The van der Waals surface area contributed by atoms with Gasteiger partial charge in [-0.2, -0.15) is 0 Å². The second-order valence-corrected chi connectivity index (χ2v) is 4.16. The number of nitrogens with zero attached hydrogens (tertiary/aromatic N) is 1. The Kier molecular flexibility index (Phi) is 5.85. The first kappa shape index (κ1) is 12.0. The van der Waals surface area contributed by atoms with Crippen molar-refractivity contribution in [3.8, 4) is 0 Å². The minimum absolute atomic E-state index is 0.0825. The van der Waals surface area contributed by atoms with Crippen LogP contribution in [-0.4, -0.2) is 23.2 Å². The summed E-state index contributed by atoms with van der Waals surface area (Å²) < 4.78 is 0. The fourth-order valence-electron chi connectivity index (χ4n) is 1.03. The van der Waals surface area contributed by atoms with Crippen LogP contribution in [0.15, 0.2) is 29.4 Å². The summed E-state index contributed by atoms with van der Waals surface area (Å²) in [5.41, 5.74) is 0. The topological polar surface area (TPSA) is 42.0 Å². The number of aromatic nitrogens is 1. The summed E-state index contributed by atoms with van der Waals surface area (Å²) in [4.78, 5) is 15.5. The Morgan fingerprint density at radius 1 is 1.53 bits per heavy atom. The number of unbranched alkanes of at least 4 members (excludes halogenated alkanes) is 1. The van der Waals surface area contributed by atoms with E-state index >= 15 is 0 Å². The standard InChI is InChI=1S/C11H16N2OS/c1-2-3-7-12-10(14)9-15-11-6-4-5-8-13-11/h4-6,8H,2-3,7,9H2,1H3,(H,12,14). The molecule has 82 valence electrons. The number of amides is 1. The second kappa shape index (κ2) is 7.29. The summed E-state index contributed by atoms with van der Waals surface area (Å²) in [7, 11) is 0. The van der Waals surface area contributed by atoms with E-state index in [2.05, 4.69) is 17.2 Å². The van der Waals surface area contributed by atoms with Crippen molar-refractivity contribution in [3.05, 3.63) is 24.4 Å². The zero-order valence-corrected chi connectivity index (χ0v) is 9.72. The second-order valence-electron chi connectivity index (χ2n) is 3.16. The van der Waals surface area contributed by atoms with Crippen LogP contribution in [-0.2, 0) is 4.79 Å². The van der Waals surface area contributed by atoms with Gasteiger partial charge in [0.1, 0.15) is 0 Å². The summed E-state index contributed by atoms with van der Waals surface area (Å²) >= 11 is 1.46. The minimum Gasteiger partial charge on any atom is -0.355 e. The molecular weight excluding hydrogens is 208 g/mol. The number of rotatable bonds is 6. The van der Waals surface area contributed by atoms with Crippen LogP contribution >= 0.6 is 11.8 Å². The fraction of sp³-hybridized carbons (Fsp3) is 0.455. The molecule has 3 nitrogen and oxygen atoms in total. The van der Waals surface area contributed by atoms with E-state index in [0.717, 1.165) is 24.4 Å². The third-order valence-corrected chi connectivity index (χ3v) is 2.79. The number of pyridine rings is 1. The molecule has 0 unspecified atom stereocenters. The summed E-state index contributed by atoms with van der Waals surface area (Å²) in [6, 6.07) is 5.69. The van der Waals surface area contributed by atoms with E-state index in [1.807, 2.05) is 18.2 Å². The summed E-state index contributed by atoms with van der Waals surface area (Å²) in [6.07, 6.45) is 3.88. The van der Waals surface area contributed by atoms with Gasteiger partial charge in [-0.25, -0.2) is 4.98 Å². The Balaban J connectivity index is 2.17. The molecule has 1 N–H and O–H groups in total. The molecule has 0 fully saturated rings. The minimum atomic E-state index is 0.0825. The molecule has 1 heterocycles. The summed E-state index contributed by atoms with van der Waals surface area (Å²) in [5, 5.41) is 3.76. The quantitative estimate of drug-likeness (QED) is 0.594. The fourth-order valence-corrected chi connectivity index (χ4v) is 1.72. The van der Waals surface area contributed by atoms with Gasteiger partial charge < -0.3 is 5.32 Å². The van der Waals surface area contributed by atoms with Gasteiger partial charge in [0.05, 0.1) is 10.8 Å². The van der Waals surface area contributed by atoms with Crippen LogP contribution in [0.2, 0.25) is 0 Å². The van der Waals surface area contributed by atoms with Gasteiger partial charge >= 0.3 is 0 Å². The molecule has 0 saturated carbocycles. The van der Waals surface area contributed by atoms with Crippen LogP contribution < -0.4 is 5.32 Å². The molecule has 0 saturated heterocycles. The van der Waals surface area contributed by atoms with Crippen molar-refractivity contribution in [1.29, 1.82) is 0 Å². The highest BCUT2D eigenvalue weighted by atomic mass is 32.2. The third kappa shape index (κ3) is 5.42. The molecule has 0 aromatic carbocycles. The predicted molar refractivity (Wildman–Crippen MR) is 62.9 cm³/mol. The third-order valence-electron chi connectivity index (χ3n) is 1.84. The molecule has 1 rings (SSSR count). The Morgan fingerprint density at radius 3 is 3.07 bits per heavy atom. The zero-order chi connectivity index (χ0) is 10.9. The Bertz CT molecular complexity index is 290. The van der Waals surface area contributed by atoms with Gasteiger partial charge in [0, 0.05) is 12.7 Å². The van der Waals surface area contributed by atoms with Gasteiger partial charge in [-0.05, 0) is 18.6 Å². The van der Waals surface area contributed by atoms with Crippen molar-refractivity contribution in [1.82, 2.24) is 10.3 Å². The Labute approximate surface area is 94.7 Å². The highest BCUT2D eigenvalue weighted by molar-refractivity contribution is 7.99. The van der Waals surface area contributed by atoms with Crippen molar-refractivity contribution < 1.29 is 4.79 Å². The number of hydrogen-bond donors (Lipinski definition) is 1. The molecule has 0 aliphatic carbocycles. The highest BCUT2D eigenvalue weighted by Gasteiger charge is 2.01. The van der Waals surface area contributed by atoms with Gasteiger partial charge in [0.2, 0.25) is 5.91 Å². The van der Waals surface area contributed by atoms with E-state index in [4.69, 9.17) is 0 Å². The number of carbonyl (C=O) groups excluding carboxylic acids is 1. The maximum absolute atomic E-state index is 11.3. The van der Waals surface area contributed by atoms with E-state index in [-0.39, 0.29) is 5.91 Å². The molecule has 1 aromatic heterocycles. The molecule has 0 aliphatic rings. The normalized spacial score (nSPS) is 9.93. The van der Waals surface area contributed by atoms with Gasteiger partial charge in [0.25, 0.3) is 0 Å².